The van der Waals surface area contributed by atoms with E-state index in [9.17, 15) is 18.8 Å². The summed E-state index contributed by atoms with van der Waals surface area (Å²) < 4.78 is 20.7. The van der Waals surface area contributed by atoms with Crippen molar-refractivity contribution in [1.29, 1.82) is 0 Å². The Morgan fingerprint density at radius 2 is 1.92 bits per heavy atom. The molecule has 2 aromatic heterocycles. The molecule has 26 heavy (non-hydrogen) atoms. The first-order chi connectivity index (χ1) is 12.3. The highest BCUT2D eigenvalue weighted by Crippen LogP contribution is 2.19. The second kappa shape index (κ2) is 6.43. The van der Waals surface area contributed by atoms with Crippen molar-refractivity contribution in [3.63, 3.8) is 0 Å². The van der Waals surface area contributed by atoms with Crippen LogP contribution in [0.4, 0.5) is 10.1 Å². The smallest absolute Gasteiger partial charge is 0.332 e. The van der Waals surface area contributed by atoms with E-state index in [2.05, 4.69) is 10.3 Å². The van der Waals surface area contributed by atoms with Crippen molar-refractivity contribution in [2.24, 2.45) is 14.1 Å². The van der Waals surface area contributed by atoms with Crippen molar-refractivity contribution in [2.75, 3.05) is 12.4 Å². The predicted octanol–water partition coefficient (Wildman–Crippen LogP) is 1.03. The fourth-order valence-corrected chi connectivity index (χ4v) is 2.54. The topological polar surface area (TPSA) is 95.2 Å². The van der Waals surface area contributed by atoms with E-state index in [1.165, 1.54) is 50.2 Å². The van der Waals surface area contributed by atoms with Crippen LogP contribution >= 0.6 is 0 Å². The Morgan fingerprint density at radius 3 is 2.58 bits per heavy atom. The summed E-state index contributed by atoms with van der Waals surface area (Å²) in [5.74, 6) is -1.21. The third kappa shape index (κ3) is 2.83. The van der Waals surface area contributed by atoms with Crippen LogP contribution in [0.1, 0.15) is 10.4 Å². The van der Waals surface area contributed by atoms with E-state index in [1.54, 1.807) is 0 Å². The van der Waals surface area contributed by atoms with Gasteiger partial charge >= 0.3 is 5.69 Å². The van der Waals surface area contributed by atoms with Gasteiger partial charge < -0.3 is 10.1 Å². The van der Waals surface area contributed by atoms with Crippen LogP contribution in [0.25, 0.3) is 11.0 Å². The monoisotopic (exact) mass is 358 g/mol. The summed E-state index contributed by atoms with van der Waals surface area (Å²) >= 11 is 0. The summed E-state index contributed by atoms with van der Waals surface area (Å²) in [6, 6.07) is 5.22. The predicted molar refractivity (Wildman–Crippen MR) is 93.1 cm³/mol. The number of halogens is 1. The number of aryl methyl sites for hydroxylation is 1. The van der Waals surface area contributed by atoms with E-state index in [1.807, 2.05) is 0 Å². The molecule has 0 spiro atoms. The lowest BCUT2D eigenvalue weighted by atomic mass is 10.2. The van der Waals surface area contributed by atoms with E-state index in [0.717, 1.165) is 10.6 Å². The lowest BCUT2D eigenvalue weighted by molar-refractivity contribution is 0.102. The molecule has 0 saturated carbocycles. The van der Waals surface area contributed by atoms with Gasteiger partial charge in [-0.2, -0.15) is 0 Å². The van der Waals surface area contributed by atoms with Gasteiger partial charge in [-0.3, -0.25) is 18.7 Å². The Hall–Kier alpha value is -3.49. The van der Waals surface area contributed by atoms with Gasteiger partial charge in [-0.15, -0.1) is 0 Å². The maximum Gasteiger partial charge on any atom is 0.332 e. The minimum atomic E-state index is -0.666. The summed E-state index contributed by atoms with van der Waals surface area (Å²) in [4.78, 5) is 40.5. The number of carbonyl (C=O) groups excluding carboxylic acids is 1. The van der Waals surface area contributed by atoms with Gasteiger partial charge in [0.05, 0.1) is 24.4 Å². The van der Waals surface area contributed by atoms with Gasteiger partial charge in [0.2, 0.25) is 0 Å². The molecule has 2 heterocycles. The highest BCUT2D eigenvalue weighted by Gasteiger charge is 2.13. The Morgan fingerprint density at radius 1 is 1.19 bits per heavy atom. The number of carbonyl (C=O) groups is 1. The average molecular weight is 358 g/mol. The number of nitrogens with zero attached hydrogens (tertiary/aromatic N) is 3. The van der Waals surface area contributed by atoms with Crippen molar-refractivity contribution in [1.82, 2.24) is 14.1 Å². The molecule has 1 aromatic carbocycles. The Labute approximate surface area is 146 Å². The average Bonchev–Trinajstić information content (AvgIpc) is 2.64. The van der Waals surface area contributed by atoms with Crippen LogP contribution in [0.3, 0.4) is 0 Å². The van der Waals surface area contributed by atoms with Gasteiger partial charge in [-0.05, 0) is 24.3 Å². The number of amides is 1. The van der Waals surface area contributed by atoms with Crippen molar-refractivity contribution < 1.29 is 13.9 Å². The number of hydrogen-bond donors (Lipinski definition) is 1. The number of anilines is 1. The Kier molecular flexibility index (Phi) is 4.29. The van der Waals surface area contributed by atoms with Gasteiger partial charge in [0, 0.05) is 19.7 Å². The van der Waals surface area contributed by atoms with E-state index < -0.39 is 23.0 Å². The SMILES string of the molecule is COc1ccc(C(=O)Nc2cnc3c(c2)c(=O)n(C)c(=O)n3C)cc1F. The van der Waals surface area contributed by atoms with Crippen LogP contribution < -0.4 is 21.3 Å². The highest BCUT2D eigenvalue weighted by atomic mass is 19.1. The second-order valence-electron chi connectivity index (χ2n) is 5.60. The van der Waals surface area contributed by atoms with E-state index in [0.29, 0.717) is 0 Å². The largest absolute Gasteiger partial charge is 0.494 e. The van der Waals surface area contributed by atoms with Crippen molar-refractivity contribution in [3.05, 3.63) is 62.7 Å². The summed E-state index contributed by atoms with van der Waals surface area (Å²) in [6.07, 6.45) is 1.32. The van der Waals surface area contributed by atoms with Gasteiger partial charge in [0.25, 0.3) is 11.5 Å². The third-order valence-electron chi connectivity index (χ3n) is 3.97. The summed E-state index contributed by atoms with van der Waals surface area (Å²) in [5.41, 5.74) is -0.500. The number of hydrogen-bond acceptors (Lipinski definition) is 5. The first-order valence-corrected chi connectivity index (χ1v) is 7.54. The zero-order valence-electron chi connectivity index (χ0n) is 14.2. The van der Waals surface area contributed by atoms with Crippen LogP contribution in [0, 0.1) is 5.82 Å². The molecule has 0 aliphatic rings. The molecule has 0 fully saturated rings. The third-order valence-corrected chi connectivity index (χ3v) is 3.97. The normalized spacial score (nSPS) is 10.8. The molecule has 0 atom stereocenters. The summed E-state index contributed by atoms with van der Waals surface area (Å²) in [6.45, 7) is 0. The number of nitrogens with one attached hydrogen (secondary N) is 1. The number of ether oxygens (including phenoxy) is 1. The lowest BCUT2D eigenvalue weighted by Crippen LogP contribution is -2.37. The molecule has 0 radical (unpaired) electrons. The molecule has 1 amide bonds. The number of benzene rings is 1. The molecule has 0 unspecified atom stereocenters. The van der Waals surface area contributed by atoms with Crippen molar-refractivity contribution in [2.45, 2.75) is 0 Å². The number of aromatic nitrogens is 3. The van der Waals surface area contributed by atoms with Gasteiger partial charge in [-0.1, -0.05) is 0 Å². The van der Waals surface area contributed by atoms with Crippen LogP contribution in [0.15, 0.2) is 40.1 Å². The van der Waals surface area contributed by atoms with Gasteiger partial charge in [0.15, 0.2) is 11.6 Å². The standard InChI is InChI=1S/C17H15FN4O4/c1-21-14-11(16(24)22(2)17(21)25)7-10(8-19-14)20-15(23)9-4-5-13(26-3)12(18)6-9/h4-8H,1-3H3,(H,20,23). The van der Waals surface area contributed by atoms with E-state index in [4.69, 9.17) is 4.74 Å². The lowest BCUT2D eigenvalue weighted by Gasteiger charge is -2.09. The molecule has 9 heteroatoms. The second-order valence-corrected chi connectivity index (χ2v) is 5.60. The summed E-state index contributed by atoms with van der Waals surface area (Å²) in [5, 5.41) is 2.73. The maximum atomic E-state index is 13.7. The van der Waals surface area contributed by atoms with Gasteiger partial charge in [-0.25, -0.2) is 14.2 Å². The molecule has 0 aliphatic carbocycles. The fraction of sp³-hybridized carbons (Fsp3) is 0.176. The fourth-order valence-electron chi connectivity index (χ4n) is 2.54. The number of fused-ring (bicyclic) bond motifs is 1. The van der Waals surface area contributed by atoms with Crippen LogP contribution in [0.5, 0.6) is 5.75 Å². The quantitative estimate of drug-likeness (QED) is 0.755. The van der Waals surface area contributed by atoms with Crippen LogP contribution in [-0.2, 0) is 14.1 Å². The molecule has 0 aliphatic heterocycles. The molecule has 8 nitrogen and oxygen atoms in total. The zero-order valence-corrected chi connectivity index (χ0v) is 14.2. The molecule has 0 bridgehead atoms. The Bertz CT molecular complexity index is 1150. The minimum absolute atomic E-state index is 0.0262. The highest BCUT2D eigenvalue weighted by molar-refractivity contribution is 6.04. The number of methoxy groups -OCH3 is 1. The summed E-state index contributed by atoms with van der Waals surface area (Å²) in [7, 11) is 4.18. The Balaban J connectivity index is 1.99. The molecule has 3 rings (SSSR count). The molecule has 134 valence electrons. The van der Waals surface area contributed by atoms with E-state index >= 15 is 0 Å². The first kappa shape index (κ1) is 17.3. The van der Waals surface area contributed by atoms with Crippen LogP contribution in [-0.4, -0.2) is 27.1 Å². The minimum Gasteiger partial charge on any atom is -0.494 e. The van der Waals surface area contributed by atoms with Crippen molar-refractivity contribution in [3.8, 4) is 5.75 Å². The maximum absolute atomic E-state index is 13.7. The number of pyridine rings is 1. The molecular formula is C17H15FN4O4. The first-order valence-electron chi connectivity index (χ1n) is 7.54. The number of rotatable bonds is 3. The van der Waals surface area contributed by atoms with Gasteiger partial charge in [0.1, 0.15) is 5.65 Å². The molecule has 3 aromatic rings. The zero-order chi connectivity index (χ0) is 19.0. The molecule has 0 saturated heterocycles. The van der Waals surface area contributed by atoms with Crippen molar-refractivity contribution >= 4 is 22.6 Å². The van der Waals surface area contributed by atoms with Crippen LogP contribution in [0.2, 0.25) is 0 Å². The van der Waals surface area contributed by atoms with E-state index in [-0.39, 0.29) is 28.0 Å². The molecule has 1 N–H and O–H groups in total. The molecular weight excluding hydrogens is 343 g/mol.